The zero-order chi connectivity index (χ0) is 7.89. The number of nitrogens with zero attached hydrogens (tertiary/aromatic N) is 1. The Balaban J connectivity index is 2.99. The van der Waals surface area contributed by atoms with Gasteiger partial charge in [0.1, 0.15) is 0 Å². The van der Waals surface area contributed by atoms with E-state index < -0.39 is 11.0 Å². The van der Waals surface area contributed by atoms with Crippen LogP contribution in [0.5, 0.6) is 0 Å². The summed E-state index contributed by atoms with van der Waals surface area (Å²) < 4.78 is 0. The Bertz CT molecular complexity index is 191. The van der Waals surface area contributed by atoms with Crippen molar-refractivity contribution in [3.8, 4) is 0 Å². The molecule has 0 aromatic heterocycles. The molecule has 1 rings (SSSR count). The summed E-state index contributed by atoms with van der Waals surface area (Å²) in [5.41, 5.74) is 10.1. The zero-order valence-electron chi connectivity index (χ0n) is 4.96. The molecule has 1 atom stereocenters. The number of rotatable bonds is 0. The fourth-order valence-corrected chi connectivity index (χ4v) is 0.575. The van der Waals surface area contributed by atoms with Gasteiger partial charge in [-0.1, -0.05) is 0 Å². The van der Waals surface area contributed by atoms with Gasteiger partial charge in [-0.05, 0) is 0 Å². The van der Waals surface area contributed by atoms with Crippen LogP contribution in [0.4, 0.5) is 0 Å². The summed E-state index contributed by atoms with van der Waals surface area (Å²) in [6, 6.07) is 0. The van der Waals surface area contributed by atoms with Crippen LogP contribution < -0.4 is 16.5 Å². The first-order valence-electron chi connectivity index (χ1n) is 2.43. The van der Waals surface area contributed by atoms with Crippen molar-refractivity contribution in [1.29, 1.82) is 5.41 Å². The van der Waals surface area contributed by atoms with Crippen molar-refractivity contribution in [2.75, 3.05) is 0 Å². The standard InChI is InChI=1S/C3H7N5O2/c4-1-2(5)8(10)3(6)7(1)9/h6-7,10H,4-5H2. The summed E-state index contributed by atoms with van der Waals surface area (Å²) in [5.74, 6) is -1.18. The van der Waals surface area contributed by atoms with Crippen molar-refractivity contribution in [3.05, 3.63) is 16.8 Å². The Morgan fingerprint density at radius 2 is 2.10 bits per heavy atom. The normalized spacial score (nSPS) is 26.4. The lowest BCUT2D eigenvalue weighted by atomic mass is 10.7. The molecule has 0 saturated heterocycles. The minimum absolute atomic E-state index is 0.248. The van der Waals surface area contributed by atoms with Crippen LogP contribution in [0.3, 0.4) is 0 Å². The third kappa shape index (κ3) is 0.620. The van der Waals surface area contributed by atoms with E-state index in [9.17, 15) is 5.21 Å². The molecule has 7 nitrogen and oxygen atoms in total. The van der Waals surface area contributed by atoms with E-state index in [4.69, 9.17) is 22.1 Å². The fourth-order valence-electron chi connectivity index (χ4n) is 0.575. The first kappa shape index (κ1) is 6.81. The third-order valence-electron chi connectivity index (χ3n) is 1.18. The Morgan fingerprint density at radius 3 is 2.20 bits per heavy atom. The number of nitrogens with one attached hydrogen (secondary N) is 2. The van der Waals surface area contributed by atoms with Gasteiger partial charge < -0.3 is 16.7 Å². The fraction of sp³-hybridized carbons (Fsp3) is 0. The second-order valence-corrected chi connectivity index (χ2v) is 1.79. The van der Waals surface area contributed by atoms with E-state index in [2.05, 4.69) is 0 Å². The van der Waals surface area contributed by atoms with E-state index in [-0.39, 0.29) is 16.7 Å². The number of hydrogen-bond donors (Lipinski definition) is 5. The molecule has 0 spiro atoms. The van der Waals surface area contributed by atoms with Crippen LogP contribution in [0.1, 0.15) is 0 Å². The molecule has 10 heavy (non-hydrogen) atoms. The minimum Gasteiger partial charge on any atom is -0.620 e. The van der Waals surface area contributed by atoms with Crippen molar-refractivity contribution in [3.63, 3.8) is 0 Å². The molecule has 7 heteroatoms. The monoisotopic (exact) mass is 145 g/mol. The topological polar surface area (TPSA) is 127 Å². The van der Waals surface area contributed by atoms with Crippen LogP contribution in [0.25, 0.3) is 0 Å². The average Bonchev–Trinajstić information content (AvgIpc) is 2.07. The van der Waals surface area contributed by atoms with Gasteiger partial charge in [-0.25, -0.2) is 5.41 Å². The Labute approximate surface area is 56.2 Å². The van der Waals surface area contributed by atoms with Crippen molar-refractivity contribution in [2.24, 2.45) is 11.5 Å². The largest absolute Gasteiger partial charge is 0.620 e. The second kappa shape index (κ2) is 1.84. The van der Waals surface area contributed by atoms with E-state index in [0.29, 0.717) is 0 Å². The molecule has 0 fully saturated rings. The van der Waals surface area contributed by atoms with Crippen LogP contribution >= 0.6 is 0 Å². The first-order chi connectivity index (χ1) is 4.55. The number of hydroxylamine groups is 4. The summed E-state index contributed by atoms with van der Waals surface area (Å²) in [6.45, 7) is 0. The molecule has 1 heterocycles. The van der Waals surface area contributed by atoms with Crippen LogP contribution in [-0.2, 0) is 0 Å². The van der Waals surface area contributed by atoms with E-state index in [0.717, 1.165) is 0 Å². The molecule has 56 valence electrons. The molecule has 0 amide bonds. The van der Waals surface area contributed by atoms with Gasteiger partial charge >= 0.3 is 5.96 Å². The van der Waals surface area contributed by atoms with Crippen LogP contribution in [-0.4, -0.2) is 16.2 Å². The highest BCUT2D eigenvalue weighted by Gasteiger charge is 2.31. The Morgan fingerprint density at radius 1 is 1.60 bits per heavy atom. The molecule has 0 aromatic carbocycles. The van der Waals surface area contributed by atoms with Gasteiger partial charge in [-0.15, -0.1) is 5.06 Å². The van der Waals surface area contributed by atoms with E-state index in [1.165, 1.54) is 0 Å². The molecule has 7 N–H and O–H groups in total. The van der Waals surface area contributed by atoms with Gasteiger partial charge in [0.2, 0.25) is 11.6 Å². The third-order valence-corrected chi connectivity index (χ3v) is 1.18. The Hall–Kier alpha value is -1.31. The number of hydrogen-bond acceptors (Lipinski definition) is 5. The predicted octanol–water partition coefficient (Wildman–Crippen LogP) is -2.95. The summed E-state index contributed by atoms with van der Waals surface area (Å²) in [4.78, 5) is 0. The molecule has 0 radical (unpaired) electrons. The number of quaternary nitrogens is 1. The van der Waals surface area contributed by atoms with Gasteiger partial charge in [0, 0.05) is 0 Å². The van der Waals surface area contributed by atoms with Crippen molar-refractivity contribution >= 4 is 5.96 Å². The van der Waals surface area contributed by atoms with Crippen molar-refractivity contribution < 1.29 is 10.3 Å². The highest BCUT2D eigenvalue weighted by Crippen LogP contribution is 1.96. The second-order valence-electron chi connectivity index (χ2n) is 1.79. The van der Waals surface area contributed by atoms with Gasteiger partial charge in [0.15, 0.2) is 0 Å². The minimum atomic E-state index is -0.750. The summed E-state index contributed by atoms with van der Waals surface area (Å²) in [6.07, 6.45) is 0. The average molecular weight is 145 g/mol. The molecular formula is C3H7N5O2. The molecule has 0 bridgehead atoms. The molecule has 1 aliphatic rings. The van der Waals surface area contributed by atoms with Crippen LogP contribution in [0.15, 0.2) is 11.6 Å². The zero-order valence-corrected chi connectivity index (χ0v) is 4.96. The molecular weight excluding hydrogens is 138 g/mol. The lowest BCUT2D eigenvalue weighted by Crippen LogP contribution is -3.08. The molecule has 0 aliphatic carbocycles. The van der Waals surface area contributed by atoms with Gasteiger partial charge in [-0.3, -0.25) is 10.3 Å². The maximum absolute atomic E-state index is 10.6. The van der Waals surface area contributed by atoms with Crippen LogP contribution in [0.2, 0.25) is 0 Å². The van der Waals surface area contributed by atoms with Gasteiger partial charge in [-0.2, -0.15) is 0 Å². The number of guanidine groups is 1. The first-order valence-corrected chi connectivity index (χ1v) is 2.43. The van der Waals surface area contributed by atoms with Gasteiger partial charge in [0.25, 0.3) is 0 Å². The lowest BCUT2D eigenvalue weighted by Gasteiger charge is -2.13. The van der Waals surface area contributed by atoms with Crippen LogP contribution in [0, 0.1) is 10.6 Å². The molecule has 0 aromatic rings. The predicted molar refractivity (Wildman–Crippen MR) is 31.1 cm³/mol. The smallest absolute Gasteiger partial charge is 0.333 e. The van der Waals surface area contributed by atoms with E-state index >= 15 is 0 Å². The van der Waals surface area contributed by atoms with E-state index in [1.807, 2.05) is 0 Å². The highest BCUT2D eigenvalue weighted by atomic mass is 16.6. The molecule has 1 unspecified atom stereocenters. The maximum atomic E-state index is 10.6. The van der Waals surface area contributed by atoms with Crippen molar-refractivity contribution in [1.82, 2.24) is 5.06 Å². The van der Waals surface area contributed by atoms with Crippen molar-refractivity contribution in [2.45, 2.75) is 0 Å². The summed E-state index contributed by atoms with van der Waals surface area (Å²) >= 11 is 0. The Kier molecular flexibility index (Phi) is 1.25. The summed E-state index contributed by atoms with van der Waals surface area (Å²) in [7, 11) is 0. The highest BCUT2D eigenvalue weighted by molar-refractivity contribution is 5.71. The SMILES string of the molecule is N=C1N(O)C(N)=C(N)[NH+]1[O-]. The summed E-state index contributed by atoms with van der Waals surface area (Å²) in [5, 5.41) is 25.7. The maximum Gasteiger partial charge on any atom is 0.333 e. The quantitative estimate of drug-likeness (QED) is 0.233. The molecule has 0 saturated carbocycles. The van der Waals surface area contributed by atoms with Gasteiger partial charge in [0.05, 0.1) is 0 Å². The van der Waals surface area contributed by atoms with E-state index in [1.54, 1.807) is 0 Å². The molecule has 1 aliphatic heterocycles. The lowest BCUT2D eigenvalue weighted by molar-refractivity contribution is -0.705. The number of nitrogens with two attached hydrogens (primary N) is 2.